The summed E-state index contributed by atoms with van der Waals surface area (Å²) in [5.74, 6) is 1.06. The van der Waals surface area contributed by atoms with Gasteiger partial charge in [-0.05, 0) is 41.5 Å². The van der Waals surface area contributed by atoms with Crippen LogP contribution in [0.4, 0.5) is 5.69 Å². The lowest BCUT2D eigenvalue weighted by Gasteiger charge is -2.10. The van der Waals surface area contributed by atoms with Crippen LogP contribution in [-0.4, -0.2) is 52.9 Å². The smallest absolute Gasteiger partial charge is 0.238 e. The van der Waals surface area contributed by atoms with Crippen molar-refractivity contribution in [3.8, 4) is 5.69 Å². The molecule has 0 aliphatic heterocycles. The van der Waals surface area contributed by atoms with Crippen molar-refractivity contribution < 1.29 is 9.53 Å². The Balaban J connectivity index is 1.70. The van der Waals surface area contributed by atoms with Gasteiger partial charge in [0.2, 0.25) is 5.91 Å². The van der Waals surface area contributed by atoms with E-state index in [-0.39, 0.29) is 12.5 Å². The third-order valence-electron chi connectivity index (χ3n) is 3.66. The zero-order valence-electron chi connectivity index (χ0n) is 13.3. The van der Waals surface area contributed by atoms with Crippen molar-refractivity contribution in [3.05, 3.63) is 29.0 Å². The molecule has 0 atom stereocenters. The Morgan fingerprint density at radius 1 is 1.46 bits per heavy atom. The molecule has 1 saturated carbocycles. The highest BCUT2D eigenvalue weighted by molar-refractivity contribution is 6.32. The number of rotatable bonds is 8. The number of halogens is 1. The number of nitrogens with zero attached hydrogens (tertiary/aromatic N) is 4. The molecule has 0 unspecified atom stereocenters. The molecule has 128 valence electrons. The van der Waals surface area contributed by atoms with E-state index in [0.717, 1.165) is 18.7 Å². The van der Waals surface area contributed by atoms with Crippen molar-refractivity contribution in [2.24, 2.45) is 0 Å². The van der Waals surface area contributed by atoms with Gasteiger partial charge >= 0.3 is 0 Å². The van der Waals surface area contributed by atoms with Crippen LogP contribution in [0.3, 0.4) is 0 Å². The summed E-state index contributed by atoms with van der Waals surface area (Å²) in [6.45, 7) is 1.38. The Hall–Kier alpha value is -2.03. The number of tetrazole rings is 1. The average Bonchev–Trinajstić information content (AvgIpc) is 3.31. The summed E-state index contributed by atoms with van der Waals surface area (Å²) in [4.78, 5) is 11.9. The summed E-state index contributed by atoms with van der Waals surface area (Å²) in [5.41, 5.74) is 1.30. The second-order valence-electron chi connectivity index (χ2n) is 5.61. The molecular weight excluding hydrogens is 332 g/mol. The number of methoxy groups -OCH3 is 1. The number of carbonyl (C=O) groups is 1. The van der Waals surface area contributed by atoms with Gasteiger partial charge in [0.05, 0.1) is 23.9 Å². The van der Waals surface area contributed by atoms with Crippen LogP contribution >= 0.6 is 11.6 Å². The van der Waals surface area contributed by atoms with E-state index in [1.807, 2.05) is 0 Å². The molecule has 0 bridgehead atoms. The molecule has 0 saturated heterocycles. The summed E-state index contributed by atoms with van der Waals surface area (Å²) in [7, 11) is 1.62. The van der Waals surface area contributed by atoms with E-state index in [4.69, 9.17) is 16.3 Å². The fourth-order valence-electron chi connectivity index (χ4n) is 2.30. The predicted octanol–water partition coefficient (Wildman–Crippen LogP) is 1.37. The van der Waals surface area contributed by atoms with Crippen molar-refractivity contribution in [3.63, 3.8) is 0 Å². The second-order valence-corrected chi connectivity index (χ2v) is 6.01. The number of hydrogen-bond acceptors (Lipinski definition) is 6. The fraction of sp³-hybridized carbons (Fsp3) is 0.467. The van der Waals surface area contributed by atoms with Crippen molar-refractivity contribution in [2.75, 3.05) is 32.1 Å². The van der Waals surface area contributed by atoms with Gasteiger partial charge in [-0.1, -0.05) is 11.6 Å². The molecule has 2 aromatic rings. The van der Waals surface area contributed by atoms with Crippen LogP contribution in [0.25, 0.3) is 5.69 Å². The maximum atomic E-state index is 11.9. The van der Waals surface area contributed by atoms with Crippen LogP contribution in [0.5, 0.6) is 0 Å². The molecule has 2 N–H and O–H groups in total. The molecule has 1 amide bonds. The van der Waals surface area contributed by atoms with Crippen molar-refractivity contribution in [2.45, 2.75) is 18.8 Å². The molecule has 24 heavy (non-hydrogen) atoms. The van der Waals surface area contributed by atoms with Gasteiger partial charge in [-0.25, -0.2) is 0 Å². The molecule has 0 spiro atoms. The Labute approximate surface area is 144 Å². The largest absolute Gasteiger partial charge is 0.383 e. The summed E-state index contributed by atoms with van der Waals surface area (Å²) in [5, 5.41) is 18.2. The highest BCUT2D eigenvalue weighted by Gasteiger charge is 2.30. The monoisotopic (exact) mass is 350 g/mol. The predicted molar refractivity (Wildman–Crippen MR) is 89.5 cm³/mol. The van der Waals surface area contributed by atoms with Gasteiger partial charge in [0.25, 0.3) is 0 Å². The van der Waals surface area contributed by atoms with Crippen molar-refractivity contribution in [1.82, 2.24) is 25.5 Å². The number of aromatic nitrogens is 4. The maximum absolute atomic E-state index is 11.9. The van der Waals surface area contributed by atoms with E-state index in [9.17, 15) is 4.79 Å². The number of amides is 1. The van der Waals surface area contributed by atoms with Gasteiger partial charge in [0, 0.05) is 25.3 Å². The Morgan fingerprint density at radius 3 is 3.04 bits per heavy atom. The van der Waals surface area contributed by atoms with Crippen LogP contribution in [0.1, 0.15) is 24.6 Å². The third-order valence-corrected chi connectivity index (χ3v) is 3.98. The third kappa shape index (κ3) is 4.08. The number of hydrogen-bond donors (Lipinski definition) is 2. The molecule has 3 rings (SSSR count). The van der Waals surface area contributed by atoms with Crippen LogP contribution in [-0.2, 0) is 9.53 Å². The van der Waals surface area contributed by atoms with Crippen molar-refractivity contribution >= 4 is 23.2 Å². The quantitative estimate of drug-likeness (QED) is 0.698. The first-order valence-corrected chi connectivity index (χ1v) is 8.14. The first kappa shape index (κ1) is 16.8. The summed E-state index contributed by atoms with van der Waals surface area (Å²) >= 11 is 6.28. The maximum Gasteiger partial charge on any atom is 0.238 e. The van der Waals surface area contributed by atoms with E-state index in [1.54, 1.807) is 30.0 Å². The van der Waals surface area contributed by atoms with Gasteiger partial charge in [-0.2, -0.15) is 4.68 Å². The molecule has 0 radical (unpaired) electrons. The Bertz CT molecular complexity index is 716. The van der Waals surface area contributed by atoms with E-state index >= 15 is 0 Å². The van der Waals surface area contributed by atoms with Crippen LogP contribution in [0.15, 0.2) is 18.2 Å². The molecule has 1 fully saturated rings. The van der Waals surface area contributed by atoms with Gasteiger partial charge in [-0.3, -0.25) is 4.79 Å². The minimum Gasteiger partial charge on any atom is -0.383 e. The first-order chi connectivity index (χ1) is 11.7. The molecule has 1 heterocycles. The lowest BCUT2D eigenvalue weighted by atomic mass is 10.2. The van der Waals surface area contributed by atoms with E-state index in [1.165, 1.54) is 0 Å². The molecule has 1 aromatic heterocycles. The van der Waals surface area contributed by atoms with Gasteiger partial charge in [-0.15, -0.1) is 5.10 Å². The SMILES string of the molecule is COCCNCC(=O)Nc1ccc(Cl)c(-n2nnnc2C2CC2)c1. The van der Waals surface area contributed by atoms with E-state index < -0.39 is 0 Å². The zero-order chi connectivity index (χ0) is 16.9. The first-order valence-electron chi connectivity index (χ1n) is 7.76. The highest BCUT2D eigenvalue weighted by Crippen LogP contribution is 2.39. The topological polar surface area (TPSA) is 94.0 Å². The zero-order valence-corrected chi connectivity index (χ0v) is 14.1. The van der Waals surface area contributed by atoms with Crippen LogP contribution in [0, 0.1) is 0 Å². The molecule has 8 nitrogen and oxygen atoms in total. The van der Waals surface area contributed by atoms with Gasteiger partial charge in [0.1, 0.15) is 0 Å². The number of nitrogens with one attached hydrogen (secondary N) is 2. The molecule has 9 heteroatoms. The van der Waals surface area contributed by atoms with E-state index in [0.29, 0.717) is 35.5 Å². The minimum absolute atomic E-state index is 0.140. The summed E-state index contributed by atoms with van der Waals surface area (Å²) in [6.07, 6.45) is 2.17. The number of benzene rings is 1. The lowest BCUT2D eigenvalue weighted by molar-refractivity contribution is -0.115. The highest BCUT2D eigenvalue weighted by atomic mass is 35.5. The minimum atomic E-state index is -0.140. The van der Waals surface area contributed by atoms with Crippen LogP contribution < -0.4 is 10.6 Å². The number of ether oxygens (including phenoxy) is 1. The van der Waals surface area contributed by atoms with Gasteiger partial charge in [0.15, 0.2) is 5.82 Å². The second kappa shape index (κ2) is 7.69. The molecule has 1 aliphatic rings. The average molecular weight is 351 g/mol. The fourth-order valence-corrected chi connectivity index (χ4v) is 2.49. The summed E-state index contributed by atoms with van der Waals surface area (Å²) in [6, 6.07) is 5.25. The molecule has 1 aromatic carbocycles. The Kier molecular flexibility index (Phi) is 5.39. The normalized spacial score (nSPS) is 13.9. The lowest BCUT2D eigenvalue weighted by Crippen LogP contribution is -2.30. The van der Waals surface area contributed by atoms with Crippen molar-refractivity contribution in [1.29, 1.82) is 0 Å². The standard InChI is InChI=1S/C15H19ClN6O2/c1-24-7-6-17-9-14(23)18-11-4-5-12(16)13(8-11)22-15(10-2-3-10)19-20-21-22/h4-5,8,10,17H,2-3,6-7,9H2,1H3,(H,18,23). The summed E-state index contributed by atoms with van der Waals surface area (Å²) < 4.78 is 6.56. The Morgan fingerprint density at radius 2 is 2.29 bits per heavy atom. The van der Waals surface area contributed by atoms with Crippen LogP contribution in [0.2, 0.25) is 5.02 Å². The molecular formula is C15H19ClN6O2. The number of carbonyl (C=O) groups excluding carboxylic acids is 1. The number of anilines is 1. The van der Waals surface area contributed by atoms with Gasteiger partial charge < -0.3 is 15.4 Å². The molecule has 1 aliphatic carbocycles. The van der Waals surface area contributed by atoms with E-state index in [2.05, 4.69) is 26.2 Å².